The SMILES string of the molecule is O=C(CC1C(=O)Nc2ccc(F)cc2N1S(=O)(=O)c1ccccc1)NC1CCCCCC1. The van der Waals surface area contributed by atoms with Crippen molar-refractivity contribution >= 4 is 33.2 Å². The van der Waals surface area contributed by atoms with Crippen LogP contribution in [0.25, 0.3) is 0 Å². The second kappa shape index (κ2) is 9.28. The fourth-order valence-electron chi connectivity index (χ4n) is 4.35. The smallest absolute Gasteiger partial charge is 0.265 e. The van der Waals surface area contributed by atoms with E-state index in [1.165, 1.54) is 18.2 Å². The minimum atomic E-state index is -4.23. The van der Waals surface area contributed by atoms with E-state index in [2.05, 4.69) is 10.6 Å². The Hall–Kier alpha value is -2.94. The Balaban J connectivity index is 1.68. The number of benzene rings is 2. The first-order chi connectivity index (χ1) is 15.4. The van der Waals surface area contributed by atoms with Gasteiger partial charge in [-0.1, -0.05) is 43.9 Å². The summed E-state index contributed by atoms with van der Waals surface area (Å²) >= 11 is 0. The molecule has 2 aromatic rings. The van der Waals surface area contributed by atoms with Crippen LogP contribution in [0, 0.1) is 5.82 Å². The molecule has 9 heteroatoms. The first-order valence-electron chi connectivity index (χ1n) is 10.9. The van der Waals surface area contributed by atoms with Crippen LogP contribution in [0.2, 0.25) is 0 Å². The summed E-state index contributed by atoms with van der Waals surface area (Å²) in [4.78, 5) is 25.7. The normalized spacial score (nSPS) is 19.6. The van der Waals surface area contributed by atoms with E-state index in [9.17, 15) is 22.4 Å². The minimum Gasteiger partial charge on any atom is -0.353 e. The Morgan fingerprint density at radius 1 is 1.06 bits per heavy atom. The summed E-state index contributed by atoms with van der Waals surface area (Å²) in [6.45, 7) is 0. The summed E-state index contributed by atoms with van der Waals surface area (Å²) in [5, 5.41) is 5.58. The van der Waals surface area contributed by atoms with Crippen LogP contribution < -0.4 is 14.9 Å². The van der Waals surface area contributed by atoms with Crippen LogP contribution >= 0.6 is 0 Å². The molecule has 4 rings (SSSR count). The maximum Gasteiger partial charge on any atom is 0.265 e. The van der Waals surface area contributed by atoms with Crippen molar-refractivity contribution in [2.24, 2.45) is 0 Å². The quantitative estimate of drug-likeness (QED) is 0.668. The van der Waals surface area contributed by atoms with Crippen LogP contribution in [0.1, 0.15) is 44.9 Å². The molecule has 1 heterocycles. The number of carbonyl (C=O) groups is 2. The fraction of sp³-hybridized carbons (Fsp3) is 0.391. The Labute approximate surface area is 187 Å². The maximum absolute atomic E-state index is 14.1. The number of anilines is 2. The van der Waals surface area contributed by atoms with Crippen molar-refractivity contribution in [1.82, 2.24) is 5.32 Å². The summed E-state index contributed by atoms with van der Waals surface area (Å²) in [6.07, 6.45) is 5.67. The van der Waals surface area contributed by atoms with Gasteiger partial charge < -0.3 is 10.6 Å². The van der Waals surface area contributed by atoms with E-state index in [0.717, 1.165) is 55.0 Å². The average molecular weight is 460 g/mol. The first-order valence-corrected chi connectivity index (χ1v) is 12.3. The number of halogens is 1. The number of hydrogen-bond donors (Lipinski definition) is 2. The van der Waals surface area contributed by atoms with Crippen molar-refractivity contribution in [2.45, 2.75) is 61.9 Å². The van der Waals surface area contributed by atoms with E-state index >= 15 is 0 Å². The lowest BCUT2D eigenvalue weighted by Crippen LogP contribution is -2.53. The third-order valence-corrected chi connectivity index (χ3v) is 7.78. The van der Waals surface area contributed by atoms with E-state index in [4.69, 9.17) is 0 Å². The van der Waals surface area contributed by atoms with Crippen LogP contribution in [0.15, 0.2) is 53.4 Å². The number of rotatable bonds is 5. The third kappa shape index (κ3) is 4.62. The molecule has 2 aliphatic rings. The van der Waals surface area contributed by atoms with Gasteiger partial charge in [-0.3, -0.25) is 13.9 Å². The van der Waals surface area contributed by atoms with Gasteiger partial charge in [0.05, 0.1) is 22.7 Å². The summed E-state index contributed by atoms with van der Waals surface area (Å²) in [7, 11) is -4.23. The lowest BCUT2D eigenvalue weighted by atomic mass is 10.1. The Bertz CT molecular complexity index is 1100. The van der Waals surface area contributed by atoms with Gasteiger partial charge >= 0.3 is 0 Å². The van der Waals surface area contributed by atoms with Crippen LogP contribution in [-0.2, 0) is 19.6 Å². The van der Waals surface area contributed by atoms with Crippen LogP contribution in [0.3, 0.4) is 0 Å². The molecule has 1 unspecified atom stereocenters. The molecule has 0 spiro atoms. The van der Waals surface area contributed by atoms with E-state index in [-0.39, 0.29) is 28.7 Å². The van der Waals surface area contributed by atoms with Crippen molar-refractivity contribution < 1.29 is 22.4 Å². The Morgan fingerprint density at radius 2 is 1.75 bits per heavy atom. The standard InChI is InChI=1S/C23H26FN3O4S/c24-16-12-13-19-20(14-16)27(32(30,31)18-10-6-3-7-11-18)21(23(29)26-19)15-22(28)25-17-8-4-1-2-5-9-17/h3,6-7,10-14,17,21H,1-2,4-5,8-9,15H2,(H,25,28)(H,26,29). The van der Waals surface area contributed by atoms with Crippen LogP contribution in [0.5, 0.6) is 0 Å². The molecule has 7 nitrogen and oxygen atoms in total. The van der Waals surface area contributed by atoms with Gasteiger partial charge in [0.15, 0.2) is 0 Å². The molecule has 170 valence electrons. The molecular weight excluding hydrogens is 433 g/mol. The summed E-state index contributed by atoms with van der Waals surface area (Å²) in [5.41, 5.74) is 0.178. The number of fused-ring (bicyclic) bond motifs is 1. The third-order valence-electron chi connectivity index (χ3n) is 5.94. The van der Waals surface area contributed by atoms with Gasteiger partial charge in [-0.05, 0) is 37.1 Å². The predicted molar refractivity (Wildman–Crippen MR) is 119 cm³/mol. The molecule has 1 aliphatic carbocycles. The number of hydrogen-bond acceptors (Lipinski definition) is 4. The van der Waals surface area contributed by atoms with Crippen molar-refractivity contribution in [2.75, 3.05) is 9.62 Å². The average Bonchev–Trinajstić information content (AvgIpc) is 3.03. The number of nitrogens with zero attached hydrogens (tertiary/aromatic N) is 1. The topological polar surface area (TPSA) is 95.6 Å². The molecule has 1 fully saturated rings. The molecule has 1 aliphatic heterocycles. The van der Waals surface area contributed by atoms with E-state index in [1.54, 1.807) is 18.2 Å². The molecule has 0 saturated heterocycles. The molecule has 0 radical (unpaired) electrons. The van der Waals surface area contributed by atoms with Crippen LogP contribution in [-0.4, -0.2) is 32.3 Å². The van der Waals surface area contributed by atoms with E-state index < -0.39 is 33.7 Å². The molecule has 0 aromatic heterocycles. The van der Waals surface area contributed by atoms with Gasteiger partial charge in [-0.2, -0.15) is 0 Å². The van der Waals surface area contributed by atoms with Gasteiger partial charge in [0, 0.05) is 12.1 Å². The number of carbonyl (C=O) groups excluding carboxylic acids is 2. The number of amides is 2. The molecule has 2 amide bonds. The zero-order valence-corrected chi connectivity index (χ0v) is 18.4. The van der Waals surface area contributed by atoms with Crippen molar-refractivity contribution in [3.05, 3.63) is 54.3 Å². The highest BCUT2D eigenvalue weighted by Gasteiger charge is 2.42. The maximum atomic E-state index is 14.1. The highest BCUT2D eigenvalue weighted by molar-refractivity contribution is 7.93. The van der Waals surface area contributed by atoms with Crippen molar-refractivity contribution in [1.29, 1.82) is 0 Å². The minimum absolute atomic E-state index is 0.000666. The number of nitrogens with one attached hydrogen (secondary N) is 2. The lowest BCUT2D eigenvalue weighted by molar-refractivity contribution is -0.125. The summed E-state index contributed by atoms with van der Waals surface area (Å²) < 4.78 is 42.0. The summed E-state index contributed by atoms with van der Waals surface area (Å²) in [6, 6.07) is 9.82. The zero-order chi connectivity index (χ0) is 22.7. The molecule has 2 aromatic carbocycles. The largest absolute Gasteiger partial charge is 0.353 e. The first kappa shape index (κ1) is 22.3. The summed E-state index contributed by atoms with van der Waals surface area (Å²) in [5.74, 6) is -1.67. The van der Waals surface area contributed by atoms with Gasteiger partial charge in [-0.15, -0.1) is 0 Å². The lowest BCUT2D eigenvalue weighted by Gasteiger charge is -2.37. The Morgan fingerprint density at radius 3 is 2.44 bits per heavy atom. The Kier molecular flexibility index (Phi) is 6.45. The molecule has 32 heavy (non-hydrogen) atoms. The molecular formula is C23H26FN3O4S. The van der Waals surface area contributed by atoms with Gasteiger partial charge in [0.25, 0.3) is 10.0 Å². The predicted octanol–water partition coefficient (Wildman–Crippen LogP) is 3.57. The highest BCUT2D eigenvalue weighted by Crippen LogP contribution is 2.37. The van der Waals surface area contributed by atoms with Crippen molar-refractivity contribution in [3.8, 4) is 0 Å². The molecule has 2 N–H and O–H groups in total. The molecule has 1 atom stereocenters. The molecule has 1 saturated carbocycles. The second-order valence-corrected chi connectivity index (χ2v) is 10.1. The van der Waals surface area contributed by atoms with E-state index in [1.807, 2.05) is 0 Å². The van der Waals surface area contributed by atoms with Gasteiger partial charge in [0.1, 0.15) is 11.9 Å². The van der Waals surface area contributed by atoms with Crippen molar-refractivity contribution in [3.63, 3.8) is 0 Å². The fourth-order valence-corrected chi connectivity index (χ4v) is 5.99. The second-order valence-electron chi connectivity index (χ2n) is 8.24. The van der Waals surface area contributed by atoms with Crippen LogP contribution in [0.4, 0.5) is 15.8 Å². The monoisotopic (exact) mass is 459 g/mol. The zero-order valence-electron chi connectivity index (χ0n) is 17.6. The van der Waals surface area contributed by atoms with E-state index in [0.29, 0.717) is 0 Å². The highest BCUT2D eigenvalue weighted by atomic mass is 32.2. The van der Waals surface area contributed by atoms with Gasteiger partial charge in [0.2, 0.25) is 11.8 Å². The number of sulfonamides is 1. The van der Waals surface area contributed by atoms with Gasteiger partial charge in [-0.25, -0.2) is 12.8 Å². The molecule has 0 bridgehead atoms.